The molecule has 0 spiro atoms. The predicted octanol–water partition coefficient (Wildman–Crippen LogP) is -1.09. The fourth-order valence-corrected chi connectivity index (χ4v) is 1.57. The number of carboxylic acids is 2. The summed E-state index contributed by atoms with van der Waals surface area (Å²) in [5.74, 6) is -3.76. The molecule has 3 atom stereocenters. The number of carbonyl (C=O) groups excluding carboxylic acids is 2. The summed E-state index contributed by atoms with van der Waals surface area (Å²) in [7, 11) is 0. The van der Waals surface area contributed by atoms with Gasteiger partial charge in [-0.05, 0) is 12.3 Å². The summed E-state index contributed by atoms with van der Waals surface area (Å²) in [5.41, 5.74) is 5.68. The minimum atomic E-state index is -1.34. The van der Waals surface area contributed by atoms with Crippen LogP contribution in [-0.4, -0.2) is 52.6 Å². The van der Waals surface area contributed by atoms with E-state index in [4.69, 9.17) is 15.9 Å². The highest BCUT2D eigenvalue weighted by atomic mass is 16.4. The normalized spacial score (nSPS) is 14.5. The summed E-state index contributed by atoms with van der Waals surface area (Å²) in [4.78, 5) is 44.6. The van der Waals surface area contributed by atoms with E-state index in [0.717, 1.165) is 0 Å². The van der Waals surface area contributed by atoms with Crippen molar-refractivity contribution in [1.82, 2.24) is 10.6 Å². The summed E-state index contributed by atoms with van der Waals surface area (Å²) in [6.07, 6.45) is 0.0797. The van der Waals surface area contributed by atoms with Crippen LogP contribution >= 0.6 is 0 Å². The molecular formula is C13H23N3O6. The lowest BCUT2D eigenvalue weighted by molar-refractivity contribution is -0.143. The van der Waals surface area contributed by atoms with Crippen LogP contribution in [0.3, 0.4) is 0 Å². The fraction of sp³-hybridized carbons (Fsp3) is 0.692. The van der Waals surface area contributed by atoms with Crippen LogP contribution in [0.15, 0.2) is 0 Å². The SMILES string of the molecule is CC[C@H](C)[C@H](N)C(=O)NCC(=O)N[C@@H](CCC(=O)O)C(=O)O. The van der Waals surface area contributed by atoms with Crippen LogP contribution < -0.4 is 16.4 Å². The molecule has 0 saturated heterocycles. The number of aliphatic carboxylic acids is 2. The molecule has 0 saturated carbocycles. The largest absolute Gasteiger partial charge is 0.481 e. The van der Waals surface area contributed by atoms with Gasteiger partial charge in [-0.2, -0.15) is 0 Å². The number of nitrogens with one attached hydrogen (secondary N) is 2. The van der Waals surface area contributed by atoms with Crippen molar-refractivity contribution in [2.24, 2.45) is 11.7 Å². The molecule has 0 aromatic heterocycles. The van der Waals surface area contributed by atoms with Crippen molar-refractivity contribution >= 4 is 23.8 Å². The van der Waals surface area contributed by atoms with Crippen molar-refractivity contribution in [2.45, 2.75) is 45.2 Å². The van der Waals surface area contributed by atoms with E-state index in [-0.39, 0.29) is 18.8 Å². The minimum Gasteiger partial charge on any atom is -0.481 e. The second kappa shape index (κ2) is 9.72. The molecule has 0 heterocycles. The van der Waals surface area contributed by atoms with Gasteiger partial charge in [0, 0.05) is 6.42 Å². The molecule has 0 aromatic carbocycles. The number of rotatable bonds is 10. The van der Waals surface area contributed by atoms with E-state index in [9.17, 15) is 19.2 Å². The smallest absolute Gasteiger partial charge is 0.326 e. The van der Waals surface area contributed by atoms with E-state index in [2.05, 4.69) is 10.6 Å². The molecule has 126 valence electrons. The maximum atomic E-state index is 11.7. The van der Waals surface area contributed by atoms with Gasteiger partial charge >= 0.3 is 11.9 Å². The average Bonchev–Trinajstić information content (AvgIpc) is 2.46. The highest BCUT2D eigenvalue weighted by molar-refractivity contribution is 5.89. The Balaban J connectivity index is 4.32. The third kappa shape index (κ3) is 7.58. The number of hydrogen-bond acceptors (Lipinski definition) is 5. The molecule has 0 bridgehead atoms. The molecule has 0 aromatic rings. The van der Waals surface area contributed by atoms with Crippen LogP contribution in [0.1, 0.15) is 33.1 Å². The van der Waals surface area contributed by atoms with Gasteiger partial charge in [-0.25, -0.2) is 4.79 Å². The minimum absolute atomic E-state index is 0.0506. The van der Waals surface area contributed by atoms with Crippen molar-refractivity contribution in [3.05, 3.63) is 0 Å². The van der Waals surface area contributed by atoms with Crippen molar-refractivity contribution in [3.8, 4) is 0 Å². The highest BCUT2D eigenvalue weighted by Crippen LogP contribution is 2.04. The summed E-state index contributed by atoms with van der Waals surface area (Å²) >= 11 is 0. The molecule has 0 unspecified atom stereocenters. The number of nitrogens with two attached hydrogens (primary N) is 1. The van der Waals surface area contributed by atoms with Gasteiger partial charge in [0.1, 0.15) is 6.04 Å². The molecule has 0 fully saturated rings. The quantitative estimate of drug-likeness (QED) is 0.342. The van der Waals surface area contributed by atoms with Crippen molar-refractivity contribution < 1.29 is 29.4 Å². The monoisotopic (exact) mass is 317 g/mol. The lowest BCUT2D eigenvalue weighted by Crippen LogP contribution is -2.50. The Hall–Kier alpha value is -2.16. The first-order valence-corrected chi connectivity index (χ1v) is 6.96. The Kier molecular flexibility index (Phi) is 8.76. The second-order valence-corrected chi connectivity index (χ2v) is 5.02. The molecule has 0 radical (unpaired) electrons. The standard InChI is InChI=1S/C13H23N3O6/c1-3-7(2)11(14)12(20)15-6-9(17)16-8(13(21)22)4-5-10(18)19/h7-8,11H,3-6,14H2,1-2H3,(H,15,20)(H,16,17)(H,18,19)(H,21,22)/t7-,8-,11-/m0/s1. The summed E-state index contributed by atoms with van der Waals surface area (Å²) < 4.78 is 0. The lowest BCUT2D eigenvalue weighted by Gasteiger charge is -2.18. The van der Waals surface area contributed by atoms with Gasteiger partial charge < -0.3 is 26.6 Å². The molecule has 0 aliphatic carbocycles. The van der Waals surface area contributed by atoms with Crippen LogP contribution in [0.5, 0.6) is 0 Å². The van der Waals surface area contributed by atoms with Crippen LogP contribution in [0.4, 0.5) is 0 Å². The Labute approximate surface area is 128 Å². The Morgan fingerprint density at radius 2 is 1.77 bits per heavy atom. The molecule has 0 rings (SSSR count). The lowest BCUT2D eigenvalue weighted by atomic mass is 9.99. The van der Waals surface area contributed by atoms with Gasteiger partial charge in [0.15, 0.2) is 0 Å². The van der Waals surface area contributed by atoms with E-state index in [0.29, 0.717) is 6.42 Å². The molecule has 9 nitrogen and oxygen atoms in total. The van der Waals surface area contributed by atoms with Crippen LogP contribution in [0.2, 0.25) is 0 Å². The molecule has 6 N–H and O–H groups in total. The summed E-state index contributed by atoms with van der Waals surface area (Å²) in [6, 6.07) is -2.07. The Bertz CT molecular complexity index is 426. The molecule has 0 aliphatic rings. The van der Waals surface area contributed by atoms with Crippen molar-refractivity contribution in [2.75, 3.05) is 6.54 Å². The zero-order valence-electron chi connectivity index (χ0n) is 12.7. The van der Waals surface area contributed by atoms with E-state index in [1.54, 1.807) is 6.92 Å². The molecule has 22 heavy (non-hydrogen) atoms. The Morgan fingerprint density at radius 1 is 1.18 bits per heavy atom. The van der Waals surface area contributed by atoms with Gasteiger partial charge in [-0.3, -0.25) is 14.4 Å². The first kappa shape index (κ1) is 19.8. The molecule has 2 amide bonds. The van der Waals surface area contributed by atoms with Crippen molar-refractivity contribution in [1.29, 1.82) is 0 Å². The average molecular weight is 317 g/mol. The fourth-order valence-electron chi connectivity index (χ4n) is 1.57. The highest BCUT2D eigenvalue weighted by Gasteiger charge is 2.23. The van der Waals surface area contributed by atoms with Gasteiger partial charge in [-0.1, -0.05) is 20.3 Å². The number of carboxylic acid groups (broad SMARTS) is 2. The second-order valence-electron chi connectivity index (χ2n) is 5.02. The van der Waals surface area contributed by atoms with Crippen LogP contribution in [0.25, 0.3) is 0 Å². The van der Waals surface area contributed by atoms with Crippen LogP contribution in [0, 0.1) is 5.92 Å². The third-order valence-corrected chi connectivity index (χ3v) is 3.26. The van der Waals surface area contributed by atoms with Gasteiger partial charge in [-0.15, -0.1) is 0 Å². The maximum Gasteiger partial charge on any atom is 0.326 e. The van der Waals surface area contributed by atoms with Crippen LogP contribution in [-0.2, 0) is 19.2 Å². The van der Waals surface area contributed by atoms with E-state index in [1.807, 2.05) is 6.92 Å². The number of carbonyl (C=O) groups is 4. The van der Waals surface area contributed by atoms with Gasteiger partial charge in [0.05, 0.1) is 12.6 Å². The molecular weight excluding hydrogens is 294 g/mol. The number of hydrogen-bond donors (Lipinski definition) is 5. The van der Waals surface area contributed by atoms with Gasteiger partial charge in [0.2, 0.25) is 11.8 Å². The first-order valence-electron chi connectivity index (χ1n) is 6.96. The van der Waals surface area contributed by atoms with E-state index < -0.39 is 42.4 Å². The summed E-state index contributed by atoms with van der Waals surface area (Å²) in [6.45, 7) is 3.26. The number of amides is 2. The van der Waals surface area contributed by atoms with E-state index in [1.165, 1.54) is 0 Å². The van der Waals surface area contributed by atoms with E-state index >= 15 is 0 Å². The third-order valence-electron chi connectivity index (χ3n) is 3.26. The first-order chi connectivity index (χ1) is 10.2. The zero-order valence-corrected chi connectivity index (χ0v) is 12.7. The van der Waals surface area contributed by atoms with Gasteiger partial charge in [0.25, 0.3) is 0 Å². The molecule has 0 aliphatic heterocycles. The topological polar surface area (TPSA) is 159 Å². The Morgan fingerprint density at radius 3 is 2.23 bits per heavy atom. The summed E-state index contributed by atoms with van der Waals surface area (Å²) in [5, 5.41) is 21.9. The molecule has 9 heteroatoms. The predicted molar refractivity (Wildman–Crippen MR) is 76.9 cm³/mol. The van der Waals surface area contributed by atoms with Crippen molar-refractivity contribution in [3.63, 3.8) is 0 Å². The maximum absolute atomic E-state index is 11.7. The zero-order chi connectivity index (χ0) is 17.3.